The lowest BCUT2D eigenvalue weighted by Crippen LogP contribution is -2.39. The number of rotatable bonds is 10. The quantitative estimate of drug-likeness (QED) is 0.492. The normalized spacial score (nSPS) is 11.1. The molecule has 0 radical (unpaired) electrons. The molecule has 0 saturated heterocycles. The number of carbonyl (C=O) groups is 4. The topological polar surface area (TPSA) is 124 Å². The van der Waals surface area contributed by atoms with E-state index in [1.54, 1.807) is 18.2 Å². The molecule has 0 atom stereocenters. The number of aliphatic carboxylic acids is 2. The van der Waals surface area contributed by atoms with E-state index < -0.39 is 30.9 Å². The summed E-state index contributed by atoms with van der Waals surface area (Å²) in [5, 5.41) is 19.9. The van der Waals surface area contributed by atoms with Gasteiger partial charge in [-0.05, 0) is 5.57 Å². The molecule has 0 aliphatic carbocycles. The molecule has 0 aliphatic heterocycles. The van der Waals surface area contributed by atoms with E-state index in [1.165, 1.54) is 13.0 Å². The first-order valence-electron chi connectivity index (χ1n) is 6.70. The van der Waals surface area contributed by atoms with Crippen molar-refractivity contribution in [1.29, 1.82) is 0 Å². The maximum atomic E-state index is 11.8. The van der Waals surface area contributed by atoms with E-state index in [0.29, 0.717) is 6.54 Å². The van der Waals surface area contributed by atoms with Gasteiger partial charge in [0.05, 0.1) is 0 Å². The Balaban J connectivity index is 4.61. The number of hydrogen-bond donors (Lipinski definition) is 3. The van der Waals surface area contributed by atoms with Crippen LogP contribution in [0.15, 0.2) is 36.5 Å². The van der Waals surface area contributed by atoms with Crippen LogP contribution in [-0.4, -0.2) is 58.5 Å². The molecule has 8 heteroatoms. The third-order valence-corrected chi connectivity index (χ3v) is 2.55. The summed E-state index contributed by atoms with van der Waals surface area (Å²) in [6.45, 7) is 3.92. The minimum Gasteiger partial charge on any atom is -0.480 e. The van der Waals surface area contributed by atoms with Crippen molar-refractivity contribution in [3.8, 4) is 0 Å². The Bertz CT molecular complexity index is 520. The molecular formula is C15H20N2O6. The van der Waals surface area contributed by atoms with Crippen LogP contribution >= 0.6 is 0 Å². The molecule has 8 nitrogen and oxygen atoms in total. The van der Waals surface area contributed by atoms with Crippen molar-refractivity contribution in [1.82, 2.24) is 10.2 Å². The Morgan fingerprint density at radius 2 is 1.70 bits per heavy atom. The molecule has 0 bridgehead atoms. The summed E-state index contributed by atoms with van der Waals surface area (Å²) >= 11 is 0. The number of amides is 2. The minimum absolute atomic E-state index is 0.137. The van der Waals surface area contributed by atoms with Gasteiger partial charge in [0.2, 0.25) is 11.8 Å². The Hall–Kier alpha value is -2.90. The number of carboxylic acids is 2. The lowest BCUT2D eigenvalue weighted by Gasteiger charge is -2.17. The number of nitrogens with zero attached hydrogens (tertiary/aromatic N) is 1. The lowest BCUT2D eigenvalue weighted by atomic mass is 10.2. The standard InChI is InChI=1S/C15H20N2O6/c1-3-12(8-16-11(2)18)6-4-5-7-13(19)17(9-14(20)21)10-15(22)23/h3-6H,1,7-10H2,2H3,(H,16,18)(H,20,21)(H,22,23)/b5-4-,12-6+. The van der Waals surface area contributed by atoms with Gasteiger partial charge in [0.25, 0.3) is 0 Å². The SMILES string of the molecule is C=C/C(=C\C=C/CC(=O)N(CC(=O)O)CC(=O)O)CNC(C)=O. The van der Waals surface area contributed by atoms with Crippen LogP contribution in [0.1, 0.15) is 13.3 Å². The molecule has 0 unspecified atom stereocenters. The van der Waals surface area contributed by atoms with Gasteiger partial charge in [0, 0.05) is 19.9 Å². The molecule has 23 heavy (non-hydrogen) atoms. The Labute approximate surface area is 133 Å². The molecule has 0 aromatic carbocycles. The van der Waals surface area contributed by atoms with Gasteiger partial charge in [0.15, 0.2) is 0 Å². The number of carboxylic acid groups (broad SMARTS) is 2. The van der Waals surface area contributed by atoms with Crippen molar-refractivity contribution in [2.24, 2.45) is 0 Å². The molecule has 0 aliphatic rings. The van der Waals surface area contributed by atoms with E-state index in [1.807, 2.05) is 0 Å². The highest BCUT2D eigenvalue weighted by Gasteiger charge is 2.18. The van der Waals surface area contributed by atoms with E-state index in [0.717, 1.165) is 10.5 Å². The van der Waals surface area contributed by atoms with Crippen molar-refractivity contribution in [3.05, 3.63) is 36.5 Å². The smallest absolute Gasteiger partial charge is 0.323 e. The number of allylic oxidation sites excluding steroid dienone is 2. The van der Waals surface area contributed by atoms with Gasteiger partial charge in [0.1, 0.15) is 13.1 Å². The van der Waals surface area contributed by atoms with Gasteiger partial charge in [-0.25, -0.2) is 0 Å². The van der Waals surface area contributed by atoms with Crippen molar-refractivity contribution >= 4 is 23.8 Å². The van der Waals surface area contributed by atoms with E-state index in [-0.39, 0.29) is 12.3 Å². The summed E-state index contributed by atoms with van der Waals surface area (Å²) in [6, 6.07) is 0. The van der Waals surface area contributed by atoms with Gasteiger partial charge in [-0.1, -0.05) is 30.9 Å². The van der Waals surface area contributed by atoms with Crippen LogP contribution in [0.3, 0.4) is 0 Å². The van der Waals surface area contributed by atoms with Crippen molar-refractivity contribution in [2.45, 2.75) is 13.3 Å². The molecule has 0 heterocycles. The molecule has 2 amide bonds. The summed E-state index contributed by atoms with van der Waals surface area (Å²) in [5.74, 6) is -3.36. The first-order valence-corrected chi connectivity index (χ1v) is 6.70. The molecule has 0 spiro atoms. The van der Waals surface area contributed by atoms with Crippen molar-refractivity contribution < 1.29 is 29.4 Å². The third kappa shape index (κ3) is 10.5. The molecule has 0 saturated carbocycles. The largest absolute Gasteiger partial charge is 0.480 e. The van der Waals surface area contributed by atoms with E-state index in [9.17, 15) is 19.2 Å². The second-order valence-corrected chi connectivity index (χ2v) is 4.52. The molecular weight excluding hydrogens is 304 g/mol. The zero-order valence-corrected chi connectivity index (χ0v) is 12.8. The van der Waals surface area contributed by atoms with Crippen LogP contribution < -0.4 is 5.32 Å². The summed E-state index contributed by atoms with van der Waals surface area (Å²) in [7, 11) is 0. The number of carbonyl (C=O) groups excluding carboxylic acids is 2. The highest BCUT2D eigenvalue weighted by molar-refractivity contribution is 5.85. The average molecular weight is 324 g/mol. The van der Waals surface area contributed by atoms with Crippen molar-refractivity contribution in [3.63, 3.8) is 0 Å². The fraction of sp³-hybridized carbons (Fsp3) is 0.333. The van der Waals surface area contributed by atoms with Gasteiger partial charge >= 0.3 is 11.9 Å². The molecule has 3 N–H and O–H groups in total. The van der Waals surface area contributed by atoms with E-state index in [2.05, 4.69) is 11.9 Å². The second kappa shape index (κ2) is 10.8. The first kappa shape index (κ1) is 20.1. The van der Waals surface area contributed by atoms with Crippen LogP contribution in [-0.2, 0) is 19.2 Å². The monoisotopic (exact) mass is 324 g/mol. The van der Waals surface area contributed by atoms with E-state index in [4.69, 9.17) is 10.2 Å². The van der Waals surface area contributed by atoms with Crippen LogP contribution in [0.25, 0.3) is 0 Å². The zero-order chi connectivity index (χ0) is 17.8. The fourth-order valence-corrected chi connectivity index (χ4v) is 1.47. The highest BCUT2D eigenvalue weighted by Crippen LogP contribution is 1.99. The van der Waals surface area contributed by atoms with Crippen LogP contribution in [0, 0.1) is 0 Å². The van der Waals surface area contributed by atoms with Gasteiger partial charge in [-0.2, -0.15) is 0 Å². The first-order chi connectivity index (χ1) is 10.8. The molecule has 0 rings (SSSR count). The van der Waals surface area contributed by atoms with E-state index >= 15 is 0 Å². The van der Waals surface area contributed by atoms with Crippen LogP contribution in [0.5, 0.6) is 0 Å². The maximum absolute atomic E-state index is 11.8. The molecule has 0 aromatic rings. The second-order valence-electron chi connectivity index (χ2n) is 4.52. The summed E-state index contributed by atoms with van der Waals surface area (Å²) in [6.07, 6.45) is 6.06. The molecule has 0 aromatic heterocycles. The Morgan fingerprint density at radius 1 is 1.13 bits per heavy atom. The van der Waals surface area contributed by atoms with Crippen LogP contribution in [0.4, 0.5) is 0 Å². The van der Waals surface area contributed by atoms with Crippen LogP contribution in [0.2, 0.25) is 0 Å². The zero-order valence-electron chi connectivity index (χ0n) is 12.8. The molecule has 0 fully saturated rings. The minimum atomic E-state index is -1.28. The Kier molecular flexibility index (Phi) is 9.42. The number of hydrogen-bond acceptors (Lipinski definition) is 4. The summed E-state index contributed by atoms with van der Waals surface area (Å²) in [4.78, 5) is 44.6. The number of nitrogens with one attached hydrogen (secondary N) is 1. The lowest BCUT2D eigenvalue weighted by molar-refractivity contribution is -0.149. The third-order valence-electron chi connectivity index (χ3n) is 2.55. The summed E-state index contributed by atoms with van der Waals surface area (Å²) < 4.78 is 0. The average Bonchev–Trinajstić information content (AvgIpc) is 2.44. The summed E-state index contributed by atoms with van der Waals surface area (Å²) in [5.41, 5.74) is 0.719. The fourth-order valence-electron chi connectivity index (χ4n) is 1.47. The van der Waals surface area contributed by atoms with Crippen molar-refractivity contribution in [2.75, 3.05) is 19.6 Å². The van der Waals surface area contributed by atoms with Gasteiger partial charge < -0.3 is 20.4 Å². The Morgan fingerprint density at radius 3 is 2.13 bits per heavy atom. The predicted molar refractivity (Wildman–Crippen MR) is 82.6 cm³/mol. The van der Waals surface area contributed by atoms with Gasteiger partial charge in [-0.3, -0.25) is 19.2 Å². The van der Waals surface area contributed by atoms with Gasteiger partial charge in [-0.15, -0.1) is 0 Å². The predicted octanol–water partition coefficient (Wildman–Crippen LogP) is 0.179. The highest BCUT2D eigenvalue weighted by atomic mass is 16.4. The molecule has 126 valence electrons. The maximum Gasteiger partial charge on any atom is 0.323 e.